The van der Waals surface area contributed by atoms with Crippen LogP contribution in [0.5, 0.6) is 11.5 Å². The second-order valence-electron chi connectivity index (χ2n) is 6.14. The number of amides is 1. The van der Waals surface area contributed by atoms with Gasteiger partial charge in [-0.05, 0) is 66.6 Å². The molecule has 0 aliphatic heterocycles. The molecular formula is C23H21FN2O3. The molecule has 0 radical (unpaired) electrons. The van der Waals surface area contributed by atoms with Gasteiger partial charge in [-0.25, -0.2) is 9.82 Å². The highest BCUT2D eigenvalue weighted by molar-refractivity contribution is 5.95. The van der Waals surface area contributed by atoms with Crippen molar-refractivity contribution in [3.63, 3.8) is 0 Å². The number of nitrogens with zero attached hydrogens (tertiary/aromatic N) is 1. The summed E-state index contributed by atoms with van der Waals surface area (Å²) in [6.45, 7) is 2.80. The van der Waals surface area contributed by atoms with Crippen LogP contribution in [0.3, 0.4) is 0 Å². The van der Waals surface area contributed by atoms with Crippen molar-refractivity contribution in [2.24, 2.45) is 5.10 Å². The van der Waals surface area contributed by atoms with Crippen LogP contribution in [0.4, 0.5) is 4.39 Å². The molecule has 0 saturated carbocycles. The minimum absolute atomic E-state index is 0.278. The van der Waals surface area contributed by atoms with Crippen LogP contribution in [0.15, 0.2) is 77.9 Å². The van der Waals surface area contributed by atoms with E-state index in [1.165, 1.54) is 18.3 Å². The molecular weight excluding hydrogens is 371 g/mol. The number of benzene rings is 3. The first-order chi connectivity index (χ1) is 14.1. The summed E-state index contributed by atoms with van der Waals surface area (Å²) in [6, 6.07) is 20.3. The van der Waals surface area contributed by atoms with Gasteiger partial charge in [0.05, 0.1) is 12.8 Å². The zero-order valence-corrected chi connectivity index (χ0v) is 16.0. The standard InChI is InChI=1S/C23H21FN2O3/c1-2-28-21-12-8-19(9-13-21)23(27)26-25-15-18-4-3-5-22(14-18)29-16-17-6-10-20(24)11-7-17/h3-15H,2,16H2,1H3,(H,26,27)/b25-15-. The van der Waals surface area contributed by atoms with E-state index in [1.54, 1.807) is 42.5 Å². The Bertz CT molecular complexity index is 970. The molecule has 1 amide bonds. The first-order valence-corrected chi connectivity index (χ1v) is 9.17. The number of ether oxygens (including phenoxy) is 2. The van der Waals surface area contributed by atoms with Crippen molar-refractivity contribution in [2.45, 2.75) is 13.5 Å². The van der Waals surface area contributed by atoms with Crippen molar-refractivity contribution in [1.29, 1.82) is 0 Å². The van der Waals surface area contributed by atoms with E-state index in [1.807, 2.05) is 25.1 Å². The van der Waals surface area contributed by atoms with Gasteiger partial charge in [0, 0.05) is 5.56 Å². The summed E-state index contributed by atoms with van der Waals surface area (Å²) < 4.78 is 24.0. The van der Waals surface area contributed by atoms with Crippen LogP contribution in [-0.4, -0.2) is 18.7 Å². The van der Waals surface area contributed by atoms with E-state index in [0.29, 0.717) is 30.3 Å². The van der Waals surface area contributed by atoms with Crippen molar-refractivity contribution >= 4 is 12.1 Å². The lowest BCUT2D eigenvalue weighted by atomic mass is 10.2. The number of hydrogen-bond acceptors (Lipinski definition) is 4. The summed E-state index contributed by atoms with van der Waals surface area (Å²) in [5.74, 6) is 0.772. The number of carbonyl (C=O) groups excluding carboxylic acids is 1. The maximum Gasteiger partial charge on any atom is 0.271 e. The predicted molar refractivity (Wildman–Crippen MR) is 110 cm³/mol. The largest absolute Gasteiger partial charge is 0.494 e. The fraction of sp³-hybridized carbons (Fsp3) is 0.130. The van der Waals surface area contributed by atoms with E-state index in [0.717, 1.165) is 11.1 Å². The third-order valence-electron chi connectivity index (χ3n) is 3.98. The Hall–Kier alpha value is -3.67. The van der Waals surface area contributed by atoms with Gasteiger partial charge in [-0.1, -0.05) is 24.3 Å². The first kappa shape index (κ1) is 20.1. The molecule has 0 atom stereocenters. The number of halogens is 1. The Balaban J connectivity index is 1.54. The van der Waals surface area contributed by atoms with Gasteiger partial charge < -0.3 is 9.47 Å². The van der Waals surface area contributed by atoms with Gasteiger partial charge in [-0.15, -0.1) is 0 Å². The van der Waals surface area contributed by atoms with E-state index in [9.17, 15) is 9.18 Å². The molecule has 3 rings (SSSR count). The van der Waals surface area contributed by atoms with Crippen LogP contribution >= 0.6 is 0 Å². The number of carbonyl (C=O) groups is 1. The third-order valence-corrected chi connectivity index (χ3v) is 3.98. The molecule has 0 aromatic heterocycles. The number of nitrogens with one attached hydrogen (secondary N) is 1. The summed E-state index contributed by atoms with van der Waals surface area (Å²) in [7, 11) is 0. The minimum Gasteiger partial charge on any atom is -0.494 e. The van der Waals surface area contributed by atoms with Crippen LogP contribution in [0.25, 0.3) is 0 Å². The Labute approximate surface area is 168 Å². The lowest BCUT2D eigenvalue weighted by Gasteiger charge is -2.07. The molecule has 3 aromatic rings. The van der Waals surface area contributed by atoms with Gasteiger partial charge in [0.1, 0.15) is 23.9 Å². The number of hydrogen-bond donors (Lipinski definition) is 1. The summed E-state index contributed by atoms with van der Waals surface area (Å²) in [5, 5.41) is 3.99. The highest BCUT2D eigenvalue weighted by atomic mass is 19.1. The van der Waals surface area contributed by atoms with E-state index in [2.05, 4.69) is 10.5 Å². The van der Waals surface area contributed by atoms with Crippen LogP contribution in [-0.2, 0) is 6.61 Å². The molecule has 29 heavy (non-hydrogen) atoms. The first-order valence-electron chi connectivity index (χ1n) is 9.17. The molecule has 148 valence electrons. The molecule has 0 heterocycles. The molecule has 5 nitrogen and oxygen atoms in total. The summed E-state index contributed by atoms with van der Waals surface area (Å²) in [4.78, 5) is 12.1. The summed E-state index contributed by atoms with van der Waals surface area (Å²) in [6.07, 6.45) is 1.54. The highest BCUT2D eigenvalue weighted by Crippen LogP contribution is 2.15. The number of rotatable bonds is 8. The molecule has 1 N–H and O–H groups in total. The zero-order chi connectivity index (χ0) is 20.5. The Morgan fingerprint density at radius 3 is 2.48 bits per heavy atom. The van der Waals surface area contributed by atoms with Gasteiger partial charge in [0.25, 0.3) is 5.91 Å². The number of hydrazone groups is 1. The fourth-order valence-electron chi connectivity index (χ4n) is 2.53. The summed E-state index contributed by atoms with van der Waals surface area (Å²) >= 11 is 0. The second kappa shape index (κ2) is 10.0. The van der Waals surface area contributed by atoms with E-state index < -0.39 is 0 Å². The normalized spacial score (nSPS) is 10.7. The van der Waals surface area contributed by atoms with Crippen molar-refractivity contribution in [3.05, 3.63) is 95.3 Å². The summed E-state index contributed by atoms with van der Waals surface area (Å²) in [5.41, 5.74) is 4.62. The lowest BCUT2D eigenvalue weighted by molar-refractivity contribution is 0.0955. The van der Waals surface area contributed by atoms with Crippen molar-refractivity contribution in [1.82, 2.24) is 5.43 Å². The molecule has 0 unspecified atom stereocenters. The van der Waals surface area contributed by atoms with Gasteiger partial charge in [-0.2, -0.15) is 5.10 Å². The molecule has 0 fully saturated rings. The quantitative estimate of drug-likeness (QED) is 0.451. The topological polar surface area (TPSA) is 59.9 Å². The van der Waals surface area contributed by atoms with Gasteiger partial charge in [-0.3, -0.25) is 4.79 Å². The average molecular weight is 392 g/mol. The lowest BCUT2D eigenvalue weighted by Crippen LogP contribution is -2.17. The molecule has 0 saturated heterocycles. The highest BCUT2D eigenvalue weighted by Gasteiger charge is 2.04. The van der Waals surface area contributed by atoms with E-state index in [-0.39, 0.29) is 11.7 Å². The molecule has 0 aliphatic rings. The van der Waals surface area contributed by atoms with Crippen LogP contribution in [0, 0.1) is 5.82 Å². The zero-order valence-electron chi connectivity index (χ0n) is 16.0. The van der Waals surface area contributed by atoms with Gasteiger partial charge in [0.2, 0.25) is 0 Å². The smallest absolute Gasteiger partial charge is 0.271 e. The van der Waals surface area contributed by atoms with Crippen LogP contribution in [0.1, 0.15) is 28.4 Å². The third kappa shape index (κ3) is 6.17. The fourth-order valence-corrected chi connectivity index (χ4v) is 2.53. The maximum atomic E-state index is 12.9. The van der Waals surface area contributed by atoms with E-state index in [4.69, 9.17) is 9.47 Å². The minimum atomic E-state index is -0.312. The van der Waals surface area contributed by atoms with Crippen LogP contribution < -0.4 is 14.9 Å². The second-order valence-corrected chi connectivity index (χ2v) is 6.14. The Morgan fingerprint density at radius 1 is 1.00 bits per heavy atom. The monoisotopic (exact) mass is 392 g/mol. The Kier molecular flexibility index (Phi) is 6.95. The molecule has 3 aromatic carbocycles. The van der Waals surface area contributed by atoms with Crippen molar-refractivity contribution < 1.29 is 18.7 Å². The van der Waals surface area contributed by atoms with Crippen LogP contribution in [0.2, 0.25) is 0 Å². The molecule has 6 heteroatoms. The molecule has 0 aliphatic carbocycles. The van der Waals surface area contributed by atoms with Crippen molar-refractivity contribution in [3.8, 4) is 11.5 Å². The predicted octanol–water partition coefficient (Wildman–Crippen LogP) is 4.57. The van der Waals surface area contributed by atoms with Gasteiger partial charge in [0.15, 0.2) is 0 Å². The van der Waals surface area contributed by atoms with Gasteiger partial charge >= 0.3 is 0 Å². The SMILES string of the molecule is CCOc1ccc(C(=O)N/N=C\c2cccc(OCc3ccc(F)cc3)c2)cc1. The van der Waals surface area contributed by atoms with E-state index >= 15 is 0 Å². The maximum absolute atomic E-state index is 12.9. The Morgan fingerprint density at radius 2 is 1.76 bits per heavy atom. The molecule has 0 spiro atoms. The molecule has 0 bridgehead atoms. The van der Waals surface area contributed by atoms with Crippen molar-refractivity contribution in [2.75, 3.05) is 6.61 Å². The average Bonchev–Trinajstić information content (AvgIpc) is 2.74.